The molecule has 0 aliphatic carbocycles. The van der Waals surface area contributed by atoms with E-state index in [0.717, 1.165) is 13.1 Å². The first-order valence-electron chi connectivity index (χ1n) is 6.16. The van der Waals surface area contributed by atoms with E-state index in [0.29, 0.717) is 5.92 Å². The Kier molecular flexibility index (Phi) is 4.18. The Morgan fingerprint density at radius 3 is 3.12 bits per heavy atom. The molecule has 2 rings (SSSR count). The van der Waals surface area contributed by atoms with Crippen LogP contribution in [0.25, 0.3) is 0 Å². The second-order valence-electron chi connectivity index (χ2n) is 4.87. The summed E-state index contributed by atoms with van der Waals surface area (Å²) in [4.78, 5) is 14.5. The lowest BCUT2D eigenvalue weighted by atomic mass is 9.97. The molecule has 1 aromatic heterocycles. The Bertz CT molecular complexity index is 364. The number of rotatable bonds is 4. The third kappa shape index (κ3) is 3.30. The van der Waals surface area contributed by atoms with Crippen molar-refractivity contribution >= 4 is 17.3 Å². The summed E-state index contributed by atoms with van der Waals surface area (Å²) in [6.07, 6.45) is 2.66. The molecule has 0 aromatic carbocycles. The molecule has 0 amide bonds. The number of hydrogen-bond donors (Lipinski definition) is 1. The van der Waals surface area contributed by atoms with Gasteiger partial charge in [-0.25, -0.2) is 0 Å². The van der Waals surface area contributed by atoms with Crippen molar-refractivity contribution in [1.29, 1.82) is 0 Å². The number of hydrogen-bond acceptors (Lipinski definition) is 3. The fourth-order valence-electron chi connectivity index (χ4n) is 2.56. The number of carboxylic acids is 1. The van der Waals surface area contributed by atoms with E-state index in [-0.39, 0.29) is 12.5 Å². The Hall–Kier alpha value is -0.870. The maximum atomic E-state index is 11.0. The van der Waals surface area contributed by atoms with Crippen LogP contribution in [0.2, 0.25) is 0 Å². The highest BCUT2D eigenvalue weighted by atomic mass is 32.1. The lowest BCUT2D eigenvalue weighted by Gasteiger charge is -2.36. The maximum Gasteiger partial charge on any atom is 0.305 e. The van der Waals surface area contributed by atoms with Gasteiger partial charge in [-0.15, -0.1) is 11.3 Å². The number of likely N-dealkylation sites (tertiary alicyclic amines) is 1. The quantitative estimate of drug-likeness (QED) is 0.896. The van der Waals surface area contributed by atoms with E-state index in [1.54, 1.807) is 11.3 Å². The minimum Gasteiger partial charge on any atom is -0.481 e. The molecule has 1 saturated heterocycles. The number of carboxylic acid groups (broad SMARTS) is 1. The Balaban J connectivity index is 2.12. The maximum absolute atomic E-state index is 11.0. The van der Waals surface area contributed by atoms with Crippen LogP contribution in [0, 0.1) is 5.92 Å². The third-order valence-corrected chi connectivity index (χ3v) is 4.34. The van der Waals surface area contributed by atoms with Crippen LogP contribution in [0.15, 0.2) is 17.5 Å². The smallest absolute Gasteiger partial charge is 0.305 e. The van der Waals surface area contributed by atoms with Crippen molar-refractivity contribution in [3.8, 4) is 0 Å². The molecule has 1 fully saturated rings. The van der Waals surface area contributed by atoms with Gasteiger partial charge in [0.1, 0.15) is 0 Å². The Morgan fingerprint density at radius 2 is 2.53 bits per heavy atom. The van der Waals surface area contributed by atoms with Crippen molar-refractivity contribution in [3.63, 3.8) is 0 Å². The molecule has 1 aliphatic heterocycles. The second kappa shape index (κ2) is 5.65. The van der Waals surface area contributed by atoms with Crippen LogP contribution < -0.4 is 0 Å². The lowest BCUT2D eigenvalue weighted by molar-refractivity contribution is -0.138. The molecule has 1 aliphatic rings. The van der Waals surface area contributed by atoms with Crippen LogP contribution in [0.1, 0.15) is 37.1 Å². The Morgan fingerprint density at radius 1 is 1.71 bits per heavy atom. The number of piperidine rings is 1. The van der Waals surface area contributed by atoms with Crippen molar-refractivity contribution in [3.05, 3.63) is 22.4 Å². The summed E-state index contributed by atoms with van der Waals surface area (Å²) in [5, 5.41) is 11.1. The van der Waals surface area contributed by atoms with E-state index >= 15 is 0 Å². The monoisotopic (exact) mass is 253 g/mol. The first-order chi connectivity index (χ1) is 8.16. The number of thiophene rings is 1. The standard InChI is InChI=1S/C13H19NO2S/c1-10-4-2-6-14(9-10)11(8-13(15)16)12-5-3-7-17-12/h3,5,7,10-11H,2,4,6,8-9H2,1H3,(H,15,16). The van der Waals surface area contributed by atoms with E-state index in [1.165, 1.54) is 17.7 Å². The average Bonchev–Trinajstić information content (AvgIpc) is 2.79. The summed E-state index contributed by atoms with van der Waals surface area (Å²) in [6, 6.07) is 4.12. The SMILES string of the molecule is CC1CCCN(C(CC(=O)O)c2cccs2)C1. The van der Waals surface area contributed by atoms with Crippen LogP contribution in [0.3, 0.4) is 0 Å². The third-order valence-electron chi connectivity index (χ3n) is 3.37. The highest BCUT2D eigenvalue weighted by molar-refractivity contribution is 7.10. The van der Waals surface area contributed by atoms with Gasteiger partial charge < -0.3 is 5.11 Å². The summed E-state index contributed by atoms with van der Waals surface area (Å²) in [6.45, 7) is 4.30. The van der Waals surface area contributed by atoms with Gasteiger partial charge in [0, 0.05) is 11.4 Å². The number of nitrogens with zero attached hydrogens (tertiary/aromatic N) is 1. The van der Waals surface area contributed by atoms with Gasteiger partial charge in [-0.2, -0.15) is 0 Å². The Labute approximate surface area is 106 Å². The van der Waals surface area contributed by atoms with Crippen molar-refractivity contribution < 1.29 is 9.90 Å². The van der Waals surface area contributed by atoms with Crippen LogP contribution in [0.5, 0.6) is 0 Å². The van der Waals surface area contributed by atoms with Gasteiger partial charge in [0.2, 0.25) is 0 Å². The molecule has 3 nitrogen and oxygen atoms in total. The topological polar surface area (TPSA) is 40.5 Å². The lowest BCUT2D eigenvalue weighted by Crippen LogP contribution is -2.38. The first kappa shape index (κ1) is 12.6. The molecule has 0 bridgehead atoms. The average molecular weight is 253 g/mol. The highest BCUT2D eigenvalue weighted by Gasteiger charge is 2.27. The molecule has 0 spiro atoms. The molecule has 94 valence electrons. The van der Waals surface area contributed by atoms with Crippen LogP contribution in [-0.4, -0.2) is 29.1 Å². The van der Waals surface area contributed by atoms with Gasteiger partial charge in [0.15, 0.2) is 0 Å². The van der Waals surface area contributed by atoms with E-state index in [1.807, 2.05) is 11.4 Å². The molecule has 4 heteroatoms. The molecule has 0 radical (unpaired) electrons. The molecule has 1 N–H and O–H groups in total. The van der Waals surface area contributed by atoms with Gasteiger partial charge in [0.25, 0.3) is 0 Å². The van der Waals surface area contributed by atoms with Gasteiger partial charge in [-0.3, -0.25) is 9.69 Å². The summed E-state index contributed by atoms with van der Waals surface area (Å²) in [5.41, 5.74) is 0. The first-order valence-corrected chi connectivity index (χ1v) is 7.04. The minimum atomic E-state index is -0.707. The predicted molar refractivity (Wildman–Crippen MR) is 69.3 cm³/mol. The van der Waals surface area contributed by atoms with Crippen molar-refractivity contribution in [2.75, 3.05) is 13.1 Å². The van der Waals surface area contributed by atoms with E-state index in [4.69, 9.17) is 5.11 Å². The summed E-state index contributed by atoms with van der Waals surface area (Å²) >= 11 is 1.66. The zero-order valence-electron chi connectivity index (χ0n) is 10.1. The summed E-state index contributed by atoms with van der Waals surface area (Å²) in [5.74, 6) is -0.0263. The highest BCUT2D eigenvalue weighted by Crippen LogP contribution is 2.31. The van der Waals surface area contributed by atoms with Crippen LogP contribution in [0.4, 0.5) is 0 Å². The second-order valence-corrected chi connectivity index (χ2v) is 5.85. The number of carbonyl (C=O) groups is 1. The fourth-order valence-corrected chi connectivity index (χ4v) is 3.43. The van der Waals surface area contributed by atoms with Crippen molar-refractivity contribution in [2.24, 2.45) is 5.92 Å². The van der Waals surface area contributed by atoms with Gasteiger partial charge >= 0.3 is 5.97 Å². The van der Waals surface area contributed by atoms with Crippen LogP contribution >= 0.6 is 11.3 Å². The molecule has 0 saturated carbocycles. The summed E-state index contributed by atoms with van der Waals surface area (Å²) in [7, 11) is 0. The largest absolute Gasteiger partial charge is 0.481 e. The van der Waals surface area contributed by atoms with Gasteiger partial charge in [0.05, 0.1) is 12.5 Å². The zero-order chi connectivity index (χ0) is 12.3. The molecule has 2 atom stereocenters. The van der Waals surface area contributed by atoms with Gasteiger partial charge in [-0.05, 0) is 36.8 Å². The molecular weight excluding hydrogens is 234 g/mol. The minimum absolute atomic E-state index is 0.0650. The summed E-state index contributed by atoms with van der Waals surface area (Å²) < 4.78 is 0. The molecule has 2 unspecified atom stereocenters. The van der Waals surface area contributed by atoms with Crippen molar-refractivity contribution in [2.45, 2.75) is 32.2 Å². The van der Waals surface area contributed by atoms with E-state index in [9.17, 15) is 4.79 Å². The normalized spacial score (nSPS) is 23.5. The van der Waals surface area contributed by atoms with Crippen LogP contribution in [-0.2, 0) is 4.79 Å². The van der Waals surface area contributed by atoms with E-state index in [2.05, 4.69) is 17.9 Å². The molecule has 17 heavy (non-hydrogen) atoms. The number of aliphatic carboxylic acids is 1. The molecule has 2 heterocycles. The molecular formula is C13H19NO2S. The molecule has 1 aromatic rings. The zero-order valence-corrected chi connectivity index (χ0v) is 10.9. The van der Waals surface area contributed by atoms with Crippen molar-refractivity contribution in [1.82, 2.24) is 4.90 Å². The fraction of sp³-hybridized carbons (Fsp3) is 0.615. The van der Waals surface area contributed by atoms with Gasteiger partial charge in [-0.1, -0.05) is 13.0 Å². The predicted octanol–water partition coefficient (Wildman–Crippen LogP) is 3.00. The van der Waals surface area contributed by atoms with E-state index < -0.39 is 5.97 Å².